The number of carbonyl (C=O) groups excluding carboxylic acids is 1. The van der Waals surface area contributed by atoms with E-state index in [4.69, 9.17) is 4.74 Å². The maximum atomic E-state index is 12.6. The molecule has 1 N–H and O–H groups in total. The fourth-order valence-corrected chi connectivity index (χ4v) is 3.24. The van der Waals surface area contributed by atoms with Gasteiger partial charge in [0.2, 0.25) is 5.91 Å². The van der Waals surface area contributed by atoms with E-state index in [1.54, 1.807) is 7.11 Å². The van der Waals surface area contributed by atoms with Gasteiger partial charge in [-0.1, -0.05) is 27.7 Å². The molecule has 2 atom stereocenters. The summed E-state index contributed by atoms with van der Waals surface area (Å²) >= 11 is 0. The fraction of sp³-hybridized carbons (Fsp3) is 0.941. The Morgan fingerprint density at radius 2 is 2.14 bits per heavy atom. The standard InChI is InChI=1S/C17H34N2O2/c1-14(12-17(2,3)4)11-16(20)19(9-10-21-5)13-15-7-6-8-18-15/h14-15,18H,6-13H2,1-5H3. The van der Waals surface area contributed by atoms with Crippen molar-refractivity contribution in [2.24, 2.45) is 11.3 Å². The second-order valence-electron chi connectivity index (χ2n) is 7.70. The molecule has 1 saturated heterocycles. The Balaban J connectivity index is 2.49. The Kier molecular flexibility index (Phi) is 7.67. The van der Waals surface area contributed by atoms with Gasteiger partial charge in [-0.15, -0.1) is 0 Å². The molecule has 4 nitrogen and oxygen atoms in total. The first-order chi connectivity index (χ1) is 9.81. The van der Waals surface area contributed by atoms with E-state index in [9.17, 15) is 4.79 Å². The molecule has 4 heteroatoms. The van der Waals surface area contributed by atoms with E-state index in [2.05, 4.69) is 33.0 Å². The molecule has 0 radical (unpaired) electrons. The molecule has 2 unspecified atom stereocenters. The number of carbonyl (C=O) groups is 1. The topological polar surface area (TPSA) is 41.6 Å². The molecule has 1 fully saturated rings. The van der Waals surface area contributed by atoms with Crippen LogP contribution in [-0.4, -0.2) is 50.2 Å². The Labute approximate surface area is 130 Å². The van der Waals surface area contributed by atoms with Crippen LogP contribution in [0.25, 0.3) is 0 Å². The van der Waals surface area contributed by atoms with Gasteiger partial charge in [0.05, 0.1) is 6.61 Å². The molecular weight excluding hydrogens is 264 g/mol. The molecule has 1 heterocycles. The van der Waals surface area contributed by atoms with Crippen LogP contribution >= 0.6 is 0 Å². The highest BCUT2D eigenvalue weighted by Crippen LogP contribution is 2.26. The van der Waals surface area contributed by atoms with Crippen molar-refractivity contribution >= 4 is 5.91 Å². The molecule has 0 aromatic rings. The average Bonchev–Trinajstić information content (AvgIpc) is 2.84. The number of hydrogen-bond donors (Lipinski definition) is 1. The number of ether oxygens (including phenoxy) is 1. The highest BCUT2D eigenvalue weighted by atomic mass is 16.5. The quantitative estimate of drug-likeness (QED) is 0.749. The van der Waals surface area contributed by atoms with Crippen LogP contribution in [0, 0.1) is 11.3 Å². The lowest BCUT2D eigenvalue weighted by molar-refractivity contribution is -0.133. The number of nitrogens with one attached hydrogen (secondary N) is 1. The fourth-order valence-electron chi connectivity index (χ4n) is 3.24. The smallest absolute Gasteiger partial charge is 0.222 e. The first kappa shape index (κ1) is 18.4. The summed E-state index contributed by atoms with van der Waals surface area (Å²) in [5.41, 5.74) is 0.282. The lowest BCUT2D eigenvalue weighted by Gasteiger charge is -2.28. The summed E-state index contributed by atoms with van der Waals surface area (Å²) in [7, 11) is 1.69. The molecule has 0 aromatic heterocycles. The van der Waals surface area contributed by atoms with Crippen LogP contribution in [-0.2, 0) is 9.53 Å². The normalized spacial score (nSPS) is 20.5. The van der Waals surface area contributed by atoms with E-state index >= 15 is 0 Å². The number of rotatable bonds is 8. The number of nitrogens with zero attached hydrogens (tertiary/aromatic N) is 1. The minimum Gasteiger partial charge on any atom is -0.383 e. The monoisotopic (exact) mass is 298 g/mol. The maximum absolute atomic E-state index is 12.6. The third-order valence-electron chi connectivity index (χ3n) is 4.01. The van der Waals surface area contributed by atoms with Gasteiger partial charge < -0.3 is 15.0 Å². The zero-order chi connectivity index (χ0) is 15.9. The van der Waals surface area contributed by atoms with Crippen LogP contribution in [0.4, 0.5) is 0 Å². The predicted octanol–water partition coefficient (Wildman–Crippen LogP) is 2.68. The SMILES string of the molecule is COCCN(CC1CCCN1)C(=O)CC(C)CC(C)(C)C. The van der Waals surface area contributed by atoms with Crippen molar-refractivity contribution in [3.8, 4) is 0 Å². The molecule has 0 aliphatic carbocycles. The average molecular weight is 298 g/mol. The number of amides is 1. The van der Waals surface area contributed by atoms with Crippen molar-refractivity contribution in [1.29, 1.82) is 0 Å². The van der Waals surface area contributed by atoms with Crippen molar-refractivity contribution in [2.45, 2.75) is 59.4 Å². The Morgan fingerprint density at radius 1 is 1.43 bits per heavy atom. The summed E-state index contributed by atoms with van der Waals surface area (Å²) in [6, 6.07) is 0.462. The molecular formula is C17H34N2O2. The largest absolute Gasteiger partial charge is 0.383 e. The minimum absolute atomic E-state index is 0.275. The number of methoxy groups -OCH3 is 1. The van der Waals surface area contributed by atoms with Gasteiger partial charge >= 0.3 is 0 Å². The van der Waals surface area contributed by atoms with Crippen molar-refractivity contribution in [1.82, 2.24) is 10.2 Å². The Hall–Kier alpha value is -0.610. The van der Waals surface area contributed by atoms with Gasteiger partial charge in [-0.2, -0.15) is 0 Å². The van der Waals surface area contributed by atoms with E-state index in [1.807, 2.05) is 4.90 Å². The predicted molar refractivity (Wildman–Crippen MR) is 87.3 cm³/mol. The zero-order valence-corrected chi connectivity index (χ0v) is 14.6. The molecule has 1 rings (SSSR count). The molecule has 1 aliphatic rings. The number of hydrogen-bond acceptors (Lipinski definition) is 3. The van der Waals surface area contributed by atoms with E-state index in [0.29, 0.717) is 31.5 Å². The maximum Gasteiger partial charge on any atom is 0.222 e. The molecule has 1 amide bonds. The van der Waals surface area contributed by atoms with Crippen LogP contribution in [0.15, 0.2) is 0 Å². The summed E-state index contributed by atoms with van der Waals surface area (Å²) in [5.74, 6) is 0.705. The summed E-state index contributed by atoms with van der Waals surface area (Å²) in [6.45, 7) is 12.1. The van der Waals surface area contributed by atoms with E-state index < -0.39 is 0 Å². The lowest BCUT2D eigenvalue weighted by Crippen LogP contribution is -2.43. The highest BCUT2D eigenvalue weighted by molar-refractivity contribution is 5.76. The van der Waals surface area contributed by atoms with Crippen LogP contribution in [0.2, 0.25) is 0 Å². The van der Waals surface area contributed by atoms with Gasteiger partial charge in [0, 0.05) is 32.7 Å². The van der Waals surface area contributed by atoms with Crippen LogP contribution < -0.4 is 5.32 Å². The van der Waals surface area contributed by atoms with Crippen molar-refractivity contribution in [3.63, 3.8) is 0 Å². The summed E-state index contributed by atoms with van der Waals surface area (Å²) in [4.78, 5) is 14.6. The van der Waals surface area contributed by atoms with Gasteiger partial charge in [-0.05, 0) is 37.1 Å². The molecule has 0 aromatic carbocycles. The van der Waals surface area contributed by atoms with Crippen molar-refractivity contribution in [3.05, 3.63) is 0 Å². The second kappa shape index (κ2) is 8.74. The summed E-state index contributed by atoms with van der Waals surface area (Å²) in [6.07, 6.45) is 4.12. The molecule has 0 saturated carbocycles. The van der Waals surface area contributed by atoms with Crippen LogP contribution in [0.5, 0.6) is 0 Å². The minimum atomic E-state index is 0.275. The molecule has 124 valence electrons. The van der Waals surface area contributed by atoms with Crippen LogP contribution in [0.1, 0.15) is 53.4 Å². The third kappa shape index (κ3) is 7.82. The van der Waals surface area contributed by atoms with Gasteiger partial charge in [0.1, 0.15) is 0 Å². The summed E-state index contributed by atoms with van der Waals surface area (Å²) in [5, 5.41) is 3.48. The third-order valence-corrected chi connectivity index (χ3v) is 4.01. The second-order valence-corrected chi connectivity index (χ2v) is 7.70. The molecule has 0 spiro atoms. The molecule has 1 aliphatic heterocycles. The van der Waals surface area contributed by atoms with Gasteiger partial charge in [-0.25, -0.2) is 0 Å². The lowest BCUT2D eigenvalue weighted by atomic mass is 9.84. The summed E-state index contributed by atoms with van der Waals surface area (Å²) < 4.78 is 5.16. The van der Waals surface area contributed by atoms with Crippen molar-refractivity contribution < 1.29 is 9.53 Å². The molecule has 21 heavy (non-hydrogen) atoms. The van der Waals surface area contributed by atoms with E-state index in [0.717, 1.165) is 19.5 Å². The first-order valence-electron chi connectivity index (χ1n) is 8.32. The van der Waals surface area contributed by atoms with Gasteiger partial charge in [0.25, 0.3) is 0 Å². The molecule has 0 bridgehead atoms. The van der Waals surface area contributed by atoms with Crippen molar-refractivity contribution in [2.75, 3.05) is 33.4 Å². The van der Waals surface area contributed by atoms with Crippen LogP contribution in [0.3, 0.4) is 0 Å². The van der Waals surface area contributed by atoms with Gasteiger partial charge in [-0.3, -0.25) is 4.79 Å². The zero-order valence-electron chi connectivity index (χ0n) is 14.6. The Bertz CT molecular complexity index is 306. The van der Waals surface area contributed by atoms with Gasteiger partial charge in [0.15, 0.2) is 0 Å². The van der Waals surface area contributed by atoms with E-state index in [-0.39, 0.29) is 11.3 Å². The first-order valence-corrected chi connectivity index (χ1v) is 8.32. The Morgan fingerprint density at radius 3 is 2.67 bits per heavy atom. The highest BCUT2D eigenvalue weighted by Gasteiger charge is 2.24. The van der Waals surface area contributed by atoms with E-state index in [1.165, 1.54) is 12.8 Å².